The molecule has 2 aliphatic rings. The van der Waals surface area contributed by atoms with Gasteiger partial charge in [0, 0.05) is 11.5 Å². The summed E-state index contributed by atoms with van der Waals surface area (Å²) in [5.74, 6) is 0.366. The number of carbonyl (C=O) groups excluding carboxylic acids is 1. The van der Waals surface area contributed by atoms with Gasteiger partial charge in [0.2, 0.25) is 5.90 Å². The Morgan fingerprint density at radius 3 is 2.79 bits per heavy atom. The van der Waals surface area contributed by atoms with Crippen molar-refractivity contribution in [1.82, 2.24) is 0 Å². The quantitative estimate of drug-likeness (QED) is 0.601. The number of hydrogen-bond donors (Lipinski definition) is 0. The molecular formula is C16H17NO2. The number of aliphatic imine (C=N–C) groups is 1. The molecule has 98 valence electrons. The molecule has 0 saturated carbocycles. The summed E-state index contributed by atoms with van der Waals surface area (Å²) in [6.45, 7) is 1.88. The second kappa shape index (κ2) is 4.65. The van der Waals surface area contributed by atoms with Crippen LogP contribution in [0.5, 0.6) is 0 Å². The molecule has 0 fully saturated rings. The Hall–Kier alpha value is -1.90. The third kappa shape index (κ3) is 2.09. The molecule has 1 aliphatic heterocycles. The Balaban J connectivity index is 1.94. The van der Waals surface area contributed by atoms with Crippen molar-refractivity contribution < 1.29 is 9.53 Å². The Bertz CT molecular complexity index is 547. The predicted molar refractivity (Wildman–Crippen MR) is 74.0 cm³/mol. The predicted octanol–water partition coefficient (Wildman–Crippen LogP) is 3.11. The van der Waals surface area contributed by atoms with Crippen molar-refractivity contribution in [3.63, 3.8) is 0 Å². The van der Waals surface area contributed by atoms with Crippen LogP contribution >= 0.6 is 0 Å². The largest absolute Gasteiger partial charge is 0.405 e. The van der Waals surface area contributed by atoms with Gasteiger partial charge < -0.3 is 4.74 Å². The van der Waals surface area contributed by atoms with E-state index in [1.54, 1.807) is 0 Å². The summed E-state index contributed by atoms with van der Waals surface area (Å²) in [7, 11) is 0. The zero-order valence-electron chi connectivity index (χ0n) is 11.0. The highest BCUT2D eigenvalue weighted by molar-refractivity contribution is 6.08. The van der Waals surface area contributed by atoms with E-state index in [2.05, 4.69) is 17.1 Å². The molecule has 0 N–H and O–H groups in total. The lowest BCUT2D eigenvalue weighted by molar-refractivity contribution is -0.139. The van der Waals surface area contributed by atoms with Crippen molar-refractivity contribution in [2.45, 2.75) is 31.7 Å². The molecule has 3 nitrogen and oxygen atoms in total. The summed E-state index contributed by atoms with van der Waals surface area (Å²) >= 11 is 0. The third-order valence-corrected chi connectivity index (χ3v) is 3.93. The van der Waals surface area contributed by atoms with E-state index in [-0.39, 0.29) is 11.9 Å². The molecule has 3 heteroatoms. The summed E-state index contributed by atoms with van der Waals surface area (Å²) in [5, 5.41) is 0. The molecule has 0 bridgehead atoms. The number of carbonyl (C=O) groups is 1. The Morgan fingerprint density at radius 1 is 1.32 bits per heavy atom. The van der Waals surface area contributed by atoms with Gasteiger partial charge in [-0.3, -0.25) is 0 Å². The van der Waals surface area contributed by atoms with Crippen molar-refractivity contribution in [1.29, 1.82) is 0 Å². The maximum Gasteiger partial charge on any atom is 0.341 e. The van der Waals surface area contributed by atoms with Crippen molar-refractivity contribution in [2.24, 2.45) is 10.9 Å². The van der Waals surface area contributed by atoms with Gasteiger partial charge in [-0.1, -0.05) is 30.4 Å². The minimum atomic E-state index is -0.762. The smallest absolute Gasteiger partial charge is 0.341 e. The summed E-state index contributed by atoms with van der Waals surface area (Å²) in [5.41, 5.74) is 0.0987. The molecule has 0 saturated heterocycles. The fraction of sp³-hybridized carbons (Fsp3) is 0.375. The van der Waals surface area contributed by atoms with Gasteiger partial charge in [0.05, 0.1) is 0 Å². The highest BCUT2D eigenvalue weighted by atomic mass is 16.6. The zero-order valence-corrected chi connectivity index (χ0v) is 11.0. The van der Waals surface area contributed by atoms with E-state index in [1.807, 2.05) is 37.3 Å². The standard InChI is InChI=1S/C16H17NO2/c1-16(13-10-6-3-7-11-13)15(18)19-14(17-16)12-8-4-2-5-9-12/h2,4-6,8-10,13H,3,7,11H2,1H3/t13-,16+/m1/s1. The molecule has 0 unspecified atom stereocenters. The number of nitrogens with zero attached hydrogens (tertiary/aromatic N) is 1. The minimum Gasteiger partial charge on any atom is -0.405 e. The van der Waals surface area contributed by atoms with Gasteiger partial charge in [-0.2, -0.15) is 0 Å². The average Bonchev–Trinajstić information content (AvgIpc) is 2.78. The lowest BCUT2D eigenvalue weighted by atomic mass is 9.80. The van der Waals surface area contributed by atoms with Crippen LogP contribution in [0.3, 0.4) is 0 Å². The molecule has 0 aromatic heterocycles. The number of esters is 1. The van der Waals surface area contributed by atoms with Gasteiger partial charge in [0.15, 0.2) is 5.54 Å². The fourth-order valence-corrected chi connectivity index (χ4v) is 2.69. The minimum absolute atomic E-state index is 0.148. The number of allylic oxidation sites excluding steroid dienone is 1. The first-order valence-corrected chi connectivity index (χ1v) is 6.74. The van der Waals surface area contributed by atoms with Crippen LogP contribution in [0.1, 0.15) is 31.7 Å². The number of benzene rings is 1. The van der Waals surface area contributed by atoms with E-state index in [0.717, 1.165) is 24.8 Å². The van der Waals surface area contributed by atoms with E-state index in [4.69, 9.17) is 4.74 Å². The molecule has 1 heterocycles. The normalized spacial score (nSPS) is 30.1. The van der Waals surface area contributed by atoms with Crippen molar-refractivity contribution in [3.05, 3.63) is 48.0 Å². The summed E-state index contributed by atoms with van der Waals surface area (Å²) < 4.78 is 5.39. The van der Waals surface area contributed by atoms with Crippen molar-refractivity contribution >= 4 is 11.9 Å². The van der Waals surface area contributed by atoms with Crippen LogP contribution < -0.4 is 0 Å². The maximum atomic E-state index is 12.2. The highest BCUT2D eigenvalue weighted by Crippen LogP contribution is 2.36. The first-order valence-electron chi connectivity index (χ1n) is 6.74. The van der Waals surface area contributed by atoms with E-state index in [9.17, 15) is 4.79 Å². The number of rotatable bonds is 2. The highest BCUT2D eigenvalue weighted by Gasteiger charge is 2.47. The molecule has 2 atom stereocenters. The van der Waals surface area contributed by atoms with E-state index in [0.29, 0.717) is 5.90 Å². The maximum absolute atomic E-state index is 12.2. The van der Waals surface area contributed by atoms with Gasteiger partial charge in [-0.05, 0) is 38.3 Å². The monoisotopic (exact) mass is 255 g/mol. The summed E-state index contributed by atoms with van der Waals surface area (Å²) in [6, 6.07) is 9.59. The second-order valence-electron chi connectivity index (χ2n) is 5.29. The van der Waals surface area contributed by atoms with Gasteiger partial charge in [-0.25, -0.2) is 9.79 Å². The first kappa shape index (κ1) is 12.2. The molecule has 1 aromatic rings. The first-order chi connectivity index (χ1) is 9.20. The molecule has 1 aliphatic carbocycles. The van der Waals surface area contributed by atoms with Crippen LogP contribution in [-0.4, -0.2) is 17.4 Å². The number of hydrogen-bond acceptors (Lipinski definition) is 3. The molecule has 0 spiro atoms. The lowest BCUT2D eigenvalue weighted by Gasteiger charge is -2.27. The molecule has 0 radical (unpaired) electrons. The van der Waals surface area contributed by atoms with Gasteiger partial charge >= 0.3 is 5.97 Å². The zero-order chi connectivity index (χ0) is 13.3. The van der Waals surface area contributed by atoms with Crippen molar-refractivity contribution in [2.75, 3.05) is 0 Å². The Labute approximate surface area is 113 Å². The van der Waals surface area contributed by atoms with Gasteiger partial charge in [0.25, 0.3) is 0 Å². The van der Waals surface area contributed by atoms with Crippen LogP contribution in [0.2, 0.25) is 0 Å². The molecule has 3 rings (SSSR count). The number of cyclic esters (lactones) is 1. The third-order valence-electron chi connectivity index (χ3n) is 3.93. The van der Waals surface area contributed by atoms with E-state index < -0.39 is 5.54 Å². The van der Waals surface area contributed by atoms with E-state index in [1.165, 1.54) is 0 Å². The average molecular weight is 255 g/mol. The number of ether oxygens (including phenoxy) is 1. The van der Waals surface area contributed by atoms with Crippen LogP contribution in [0.15, 0.2) is 47.5 Å². The molecule has 19 heavy (non-hydrogen) atoms. The summed E-state index contributed by atoms with van der Waals surface area (Å²) in [4.78, 5) is 16.8. The molecular weight excluding hydrogens is 238 g/mol. The lowest BCUT2D eigenvalue weighted by Crippen LogP contribution is -2.38. The van der Waals surface area contributed by atoms with Crippen LogP contribution in [0.25, 0.3) is 0 Å². The second-order valence-corrected chi connectivity index (χ2v) is 5.29. The van der Waals surface area contributed by atoms with Gasteiger partial charge in [-0.15, -0.1) is 0 Å². The topological polar surface area (TPSA) is 38.7 Å². The Morgan fingerprint density at radius 2 is 2.11 bits per heavy atom. The van der Waals surface area contributed by atoms with Crippen LogP contribution in [0.4, 0.5) is 0 Å². The molecule has 0 amide bonds. The van der Waals surface area contributed by atoms with E-state index >= 15 is 0 Å². The SMILES string of the molecule is C[C@@]1([C@@H]2C=CCCC2)N=C(c2ccccc2)OC1=O. The Kier molecular flexibility index (Phi) is 2.97. The van der Waals surface area contributed by atoms with Crippen LogP contribution in [-0.2, 0) is 9.53 Å². The fourth-order valence-electron chi connectivity index (χ4n) is 2.69. The van der Waals surface area contributed by atoms with Gasteiger partial charge in [0.1, 0.15) is 0 Å². The van der Waals surface area contributed by atoms with Crippen LogP contribution in [0, 0.1) is 5.92 Å². The summed E-state index contributed by atoms with van der Waals surface area (Å²) in [6.07, 6.45) is 7.45. The van der Waals surface area contributed by atoms with Crippen molar-refractivity contribution in [3.8, 4) is 0 Å². The molecule has 1 aromatic carbocycles.